The van der Waals surface area contributed by atoms with Gasteiger partial charge in [0.05, 0.1) is 11.7 Å². The van der Waals surface area contributed by atoms with Crippen molar-refractivity contribution in [3.63, 3.8) is 0 Å². The quantitative estimate of drug-likeness (QED) is 0.584. The molecule has 5 nitrogen and oxygen atoms in total. The zero-order chi connectivity index (χ0) is 11.4. The molecule has 0 aliphatic carbocycles. The van der Waals surface area contributed by atoms with Crippen LogP contribution in [0.4, 0.5) is 5.82 Å². The van der Waals surface area contributed by atoms with Gasteiger partial charge in [0.2, 0.25) is 5.88 Å². The molecule has 84 valence electrons. The first-order valence-electron chi connectivity index (χ1n) is 5.04. The van der Waals surface area contributed by atoms with Crippen LogP contribution in [0, 0.1) is 0 Å². The van der Waals surface area contributed by atoms with Crippen molar-refractivity contribution in [3.05, 3.63) is 11.9 Å². The van der Waals surface area contributed by atoms with Crippen molar-refractivity contribution in [3.8, 4) is 5.88 Å². The number of anilines is 1. The number of nitrogens with one attached hydrogen (secondary N) is 1. The number of nitrogen functional groups attached to an aromatic ring is 1. The van der Waals surface area contributed by atoms with E-state index in [9.17, 15) is 0 Å². The molecular formula is C10H18N4O. The molecule has 0 fully saturated rings. The van der Waals surface area contributed by atoms with Crippen LogP contribution in [0.3, 0.4) is 0 Å². The molecule has 0 atom stereocenters. The molecule has 15 heavy (non-hydrogen) atoms. The SMILES string of the molecule is CC(C)Oc1ncnc(NN)c1C(C)C. The Morgan fingerprint density at radius 3 is 2.40 bits per heavy atom. The summed E-state index contributed by atoms with van der Waals surface area (Å²) in [6, 6.07) is 0. The summed E-state index contributed by atoms with van der Waals surface area (Å²) < 4.78 is 5.60. The first-order chi connectivity index (χ1) is 7.06. The summed E-state index contributed by atoms with van der Waals surface area (Å²) >= 11 is 0. The highest BCUT2D eigenvalue weighted by molar-refractivity contribution is 5.49. The molecule has 3 N–H and O–H groups in total. The Labute approximate surface area is 90.0 Å². The lowest BCUT2D eigenvalue weighted by Crippen LogP contribution is -2.15. The van der Waals surface area contributed by atoms with E-state index >= 15 is 0 Å². The van der Waals surface area contributed by atoms with Gasteiger partial charge in [0.1, 0.15) is 6.33 Å². The lowest BCUT2D eigenvalue weighted by atomic mass is 10.1. The summed E-state index contributed by atoms with van der Waals surface area (Å²) in [5.41, 5.74) is 3.47. The Bertz CT molecular complexity index is 325. The van der Waals surface area contributed by atoms with Crippen molar-refractivity contribution >= 4 is 5.82 Å². The zero-order valence-corrected chi connectivity index (χ0v) is 9.61. The molecule has 5 heteroatoms. The lowest BCUT2D eigenvalue weighted by molar-refractivity contribution is 0.229. The molecule has 0 saturated carbocycles. The fourth-order valence-electron chi connectivity index (χ4n) is 1.33. The Morgan fingerprint density at radius 2 is 1.93 bits per heavy atom. The van der Waals surface area contributed by atoms with E-state index in [0.717, 1.165) is 5.56 Å². The molecule has 0 aromatic carbocycles. The Balaban J connectivity index is 3.13. The molecule has 0 bridgehead atoms. The lowest BCUT2D eigenvalue weighted by Gasteiger charge is -2.17. The van der Waals surface area contributed by atoms with Crippen molar-refractivity contribution in [2.24, 2.45) is 5.84 Å². The van der Waals surface area contributed by atoms with Gasteiger partial charge < -0.3 is 10.2 Å². The fraction of sp³-hybridized carbons (Fsp3) is 0.600. The van der Waals surface area contributed by atoms with E-state index in [4.69, 9.17) is 10.6 Å². The van der Waals surface area contributed by atoms with Gasteiger partial charge in [0.15, 0.2) is 5.82 Å². The number of rotatable bonds is 4. The number of aromatic nitrogens is 2. The van der Waals surface area contributed by atoms with E-state index in [1.54, 1.807) is 0 Å². The van der Waals surface area contributed by atoms with Gasteiger partial charge in [-0.15, -0.1) is 0 Å². The van der Waals surface area contributed by atoms with Crippen LogP contribution in [-0.2, 0) is 0 Å². The van der Waals surface area contributed by atoms with Gasteiger partial charge in [0.25, 0.3) is 0 Å². The topological polar surface area (TPSA) is 73.1 Å². The molecular weight excluding hydrogens is 192 g/mol. The summed E-state index contributed by atoms with van der Waals surface area (Å²) in [7, 11) is 0. The standard InChI is InChI=1S/C10H18N4O/c1-6(2)8-9(14-11)12-5-13-10(8)15-7(3)4/h5-7H,11H2,1-4H3,(H,12,13,14). The average molecular weight is 210 g/mol. The van der Waals surface area contributed by atoms with Crippen LogP contribution in [0.5, 0.6) is 5.88 Å². The summed E-state index contributed by atoms with van der Waals surface area (Å²) in [6.07, 6.45) is 1.53. The smallest absolute Gasteiger partial charge is 0.222 e. The summed E-state index contributed by atoms with van der Waals surface area (Å²) in [6.45, 7) is 8.02. The van der Waals surface area contributed by atoms with Crippen molar-refractivity contribution in [2.45, 2.75) is 39.7 Å². The molecule has 1 heterocycles. The molecule has 1 aromatic heterocycles. The number of hydrogen-bond donors (Lipinski definition) is 2. The highest BCUT2D eigenvalue weighted by Gasteiger charge is 2.16. The van der Waals surface area contributed by atoms with Crippen molar-refractivity contribution in [1.29, 1.82) is 0 Å². The molecule has 0 aliphatic rings. The Hall–Kier alpha value is -1.36. The van der Waals surface area contributed by atoms with Crippen LogP contribution < -0.4 is 16.0 Å². The third-order valence-electron chi connectivity index (χ3n) is 1.91. The molecule has 0 spiro atoms. The maximum absolute atomic E-state index is 5.60. The molecule has 1 rings (SSSR count). The van der Waals surface area contributed by atoms with E-state index in [2.05, 4.69) is 15.4 Å². The molecule has 0 unspecified atom stereocenters. The van der Waals surface area contributed by atoms with Crippen molar-refractivity contribution in [2.75, 3.05) is 5.43 Å². The molecule has 1 aromatic rings. The monoisotopic (exact) mass is 210 g/mol. The summed E-state index contributed by atoms with van der Waals surface area (Å²) in [4.78, 5) is 8.18. The van der Waals surface area contributed by atoms with Gasteiger partial charge in [-0.2, -0.15) is 0 Å². The average Bonchev–Trinajstić information content (AvgIpc) is 2.15. The predicted octanol–water partition coefficient (Wildman–Crippen LogP) is 1.67. The van der Waals surface area contributed by atoms with Crippen molar-refractivity contribution < 1.29 is 4.74 Å². The van der Waals surface area contributed by atoms with E-state index in [-0.39, 0.29) is 12.0 Å². The molecule has 0 radical (unpaired) electrons. The van der Waals surface area contributed by atoms with Gasteiger partial charge in [0, 0.05) is 0 Å². The summed E-state index contributed by atoms with van der Waals surface area (Å²) in [5, 5.41) is 0. The van der Waals surface area contributed by atoms with Crippen LogP contribution in [0.15, 0.2) is 6.33 Å². The maximum atomic E-state index is 5.60. The Morgan fingerprint density at radius 1 is 1.27 bits per heavy atom. The van der Waals surface area contributed by atoms with Gasteiger partial charge in [-0.1, -0.05) is 13.8 Å². The Kier molecular flexibility index (Phi) is 3.85. The first kappa shape index (κ1) is 11.7. The minimum Gasteiger partial charge on any atom is -0.475 e. The van der Waals surface area contributed by atoms with Crippen molar-refractivity contribution in [1.82, 2.24) is 9.97 Å². The third kappa shape index (κ3) is 2.79. The minimum absolute atomic E-state index is 0.0861. The van der Waals surface area contributed by atoms with E-state index < -0.39 is 0 Å². The second-order valence-electron chi connectivity index (χ2n) is 3.91. The van der Waals surface area contributed by atoms with Gasteiger partial charge in [-0.05, 0) is 19.8 Å². The van der Waals surface area contributed by atoms with Gasteiger partial charge in [-0.3, -0.25) is 0 Å². The van der Waals surface area contributed by atoms with Crippen LogP contribution in [-0.4, -0.2) is 16.1 Å². The van der Waals surface area contributed by atoms with E-state index in [1.165, 1.54) is 6.33 Å². The number of ether oxygens (including phenoxy) is 1. The second kappa shape index (κ2) is 4.93. The van der Waals surface area contributed by atoms with Crippen LogP contribution in [0.2, 0.25) is 0 Å². The molecule has 0 amide bonds. The minimum atomic E-state index is 0.0861. The van der Waals surface area contributed by atoms with Crippen LogP contribution >= 0.6 is 0 Å². The highest BCUT2D eigenvalue weighted by atomic mass is 16.5. The largest absolute Gasteiger partial charge is 0.475 e. The number of nitrogens with zero attached hydrogens (tertiary/aromatic N) is 2. The second-order valence-corrected chi connectivity index (χ2v) is 3.91. The maximum Gasteiger partial charge on any atom is 0.222 e. The summed E-state index contributed by atoms with van der Waals surface area (Å²) in [5.74, 6) is 6.87. The van der Waals surface area contributed by atoms with Gasteiger partial charge in [-0.25, -0.2) is 15.8 Å². The predicted molar refractivity (Wildman–Crippen MR) is 59.7 cm³/mol. The van der Waals surface area contributed by atoms with Crippen LogP contribution in [0.1, 0.15) is 39.2 Å². The highest BCUT2D eigenvalue weighted by Crippen LogP contribution is 2.29. The normalized spacial score (nSPS) is 10.9. The number of nitrogens with two attached hydrogens (primary N) is 1. The zero-order valence-electron chi connectivity index (χ0n) is 9.61. The van der Waals surface area contributed by atoms with Gasteiger partial charge >= 0.3 is 0 Å². The van der Waals surface area contributed by atoms with E-state index in [1.807, 2.05) is 27.7 Å². The first-order valence-corrected chi connectivity index (χ1v) is 5.04. The third-order valence-corrected chi connectivity index (χ3v) is 1.91. The molecule has 0 saturated heterocycles. The van der Waals surface area contributed by atoms with Crippen LogP contribution in [0.25, 0.3) is 0 Å². The number of hydrogen-bond acceptors (Lipinski definition) is 5. The fourth-order valence-corrected chi connectivity index (χ4v) is 1.33. The van der Waals surface area contributed by atoms with E-state index in [0.29, 0.717) is 11.7 Å². The molecule has 0 aliphatic heterocycles. The number of hydrazine groups is 1.